The van der Waals surface area contributed by atoms with E-state index in [1.54, 1.807) is 12.1 Å². The number of phenols is 3. The van der Waals surface area contributed by atoms with E-state index in [4.69, 9.17) is 4.74 Å². The van der Waals surface area contributed by atoms with Crippen LogP contribution in [-0.4, -0.2) is 27.7 Å². The number of ketones is 1. The predicted molar refractivity (Wildman–Crippen MR) is 72.4 cm³/mol. The molecule has 0 amide bonds. The highest BCUT2D eigenvalue weighted by molar-refractivity contribution is 6.02. The van der Waals surface area contributed by atoms with Gasteiger partial charge in [-0.3, -0.25) is 4.79 Å². The van der Waals surface area contributed by atoms with Gasteiger partial charge in [-0.25, -0.2) is 0 Å². The van der Waals surface area contributed by atoms with Crippen LogP contribution < -0.4 is 4.74 Å². The molecule has 2 rings (SSSR count). The summed E-state index contributed by atoms with van der Waals surface area (Å²) in [5.41, 5.74) is 0.607. The molecule has 0 saturated carbocycles. The molecule has 0 bridgehead atoms. The molecule has 0 spiro atoms. The molecule has 0 atom stereocenters. The molecule has 5 nitrogen and oxygen atoms in total. The summed E-state index contributed by atoms with van der Waals surface area (Å²) in [7, 11) is 0. The summed E-state index contributed by atoms with van der Waals surface area (Å²) in [5, 5.41) is 28.4. The molecule has 0 fully saturated rings. The second kappa shape index (κ2) is 5.52. The number of carbonyl (C=O) groups is 1. The lowest BCUT2D eigenvalue weighted by Gasteiger charge is -2.10. The van der Waals surface area contributed by atoms with Crippen molar-refractivity contribution in [2.24, 2.45) is 0 Å². The normalized spacial score (nSPS) is 10.2. The maximum Gasteiger partial charge on any atom is 0.207 e. The van der Waals surface area contributed by atoms with Crippen LogP contribution in [0.3, 0.4) is 0 Å². The van der Waals surface area contributed by atoms with Crippen LogP contribution in [0.4, 0.5) is 0 Å². The molecule has 0 aliphatic rings. The van der Waals surface area contributed by atoms with Crippen molar-refractivity contribution in [2.75, 3.05) is 6.61 Å². The molecule has 3 N–H and O–H groups in total. The molecule has 0 heterocycles. The summed E-state index contributed by atoms with van der Waals surface area (Å²) in [6, 6.07) is 9.17. The number of benzene rings is 2. The van der Waals surface area contributed by atoms with E-state index in [-0.39, 0.29) is 17.9 Å². The molecule has 5 heteroatoms. The lowest BCUT2D eigenvalue weighted by molar-refractivity contribution is 0.0915. The number of phenolic OH excluding ortho intramolecular Hbond substituents is 3. The number of para-hydroxylation sites is 1. The molecule has 2 aromatic rings. The number of aryl methyl sites for hydroxylation is 1. The number of rotatable bonds is 4. The monoisotopic (exact) mass is 274 g/mol. The fourth-order valence-corrected chi connectivity index (χ4v) is 1.82. The third-order valence-electron chi connectivity index (χ3n) is 2.81. The van der Waals surface area contributed by atoms with Crippen LogP contribution >= 0.6 is 0 Å². The van der Waals surface area contributed by atoms with Crippen molar-refractivity contribution in [1.82, 2.24) is 0 Å². The Labute approximate surface area is 115 Å². The van der Waals surface area contributed by atoms with E-state index in [1.165, 1.54) is 0 Å². The van der Waals surface area contributed by atoms with Gasteiger partial charge in [0.15, 0.2) is 6.61 Å². The Bertz CT molecular complexity index is 625. The third-order valence-corrected chi connectivity index (χ3v) is 2.81. The molecule has 0 aromatic heterocycles. The average Bonchev–Trinajstić information content (AvgIpc) is 2.36. The average molecular weight is 274 g/mol. The number of hydrogen-bond acceptors (Lipinski definition) is 5. The van der Waals surface area contributed by atoms with Gasteiger partial charge in [0, 0.05) is 12.1 Å². The first kappa shape index (κ1) is 13.7. The zero-order valence-corrected chi connectivity index (χ0v) is 10.8. The van der Waals surface area contributed by atoms with Crippen LogP contribution in [0.15, 0.2) is 36.4 Å². The molecule has 0 saturated heterocycles. The first-order valence-electron chi connectivity index (χ1n) is 5.95. The quantitative estimate of drug-likeness (QED) is 0.745. The van der Waals surface area contributed by atoms with Gasteiger partial charge in [0.1, 0.15) is 28.6 Å². The molecule has 0 aliphatic heterocycles. The lowest BCUT2D eigenvalue weighted by atomic mass is 10.1. The fourth-order valence-electron chi connectivity index (χ4n) is 1.82. The first-order chi connectivity index (χ1) is 9.49. The van der Waals surface area contributed by atoms with Crippen LogP contribution in [0.25, 0.3) is 0 Å². The van der Waals surface area contributed by atoms with Crippen LogP contribution in [0.1, 0.15) is 15.9 Å². The molecule has 0 unspecified atom stereocenters. The van der Waals surface area contributed by atoms with Crippen molar-refractivity contribution in [2.45, 2.75) is 6.92 Å². The minimum atomic E-state index is -0.580. The highest BCUT2D eigenvalue weighted by atomic mass is 16.5. The van der Waals surface area contributed by atoms with E-state index < -0.39 is 17.3 Å². The van der Waals surface area contributed by atoms with Crippen molar-refractivity contribution in [1.29, 1.82) is 0 Å². The van der Waals surface area contributed by atoms with Gasteiger partial charge in [-0.1, -0.05) is 18.2 Å². The predicted octanol–water partition coefficient (Wildman–Crippen LogP) is 2.37. The summed E-state index contributed by atoms with van der Waals surface area (Å²) in [6.45, 7) is 1.52. The van der Waals surface area contributed by atoms with Gasteiger partial charge in [-0.05, 0) is 18.6 Å². The highest BCUT2D eigenvalue weighted by Crippen LogP contribution is 2.32. The zero-order chi connectivity index (χ0) is 14.7. The molecular weight excluding hydrogens is 260 g/mol. The number of ether oxygens (including phenoxy) is 1. The Morgan fingerprint density at radius 2 is 1.70 bits per heavy atom. The maximum absolute atomic E-state index is 12.0. The van der Waals surface area contributed by atoms with E-state index in [0.29, 0.717) is 5.75 Å². The Kier molecular flexibility index (Phi) is 3.79. The summed E-state index contributed by atoms with van der Waals surface area (Å²) in [6.07, 6.45) is 0. The summed E-state index contributed by atoms with van der Waals surface area (Å²) in [4.78, 5) is 12.0. The number of aromatic hydroxyl groups is 3. The molecule has 0 aliphatic carbocycles. The largest absolute Gasteiger partial charge is 0.508 e. The van der Waals surface area contributed by atoms with Crippen molar-refractivity contribution >= 4 is 5.78 Å². The van der Waals surface area contributed by atoms with Crippen molar-refractivity contribution in [3.63, 3.8) is 0 Å². The van der Waals surface area contributed by atoms with E-state index in [2.05, 4.69) is 0 Å². The summed E-state index contributed by atoms with van der Waals surface area (Å²) >= 11 is 0. The smallest absolute Gasteiger partial charge is 0.207 e. The van der Waals surface area contributed by atoms with Gasteiger partial charge < -0.3 is 20.1 Å². The van der Waals surface area contributed by atoms with E-state index in [0.717, 1.165) is 17.7 Å². The first-order valence-corrected chi connectivity index (χ1v) is 5.95. The van der Waals surface area contributed by atoms with E-state index in [9.17, 15) is 20.1 Å². The Hall–Kier alpha value is -2.69. The fraction of sp³-hybridized carbons (Fsp3) is 0.133. The Morgan fingerprint density at radius 3 is 2.30 bits per heavy atom. The number of carbonyl (C=O) groups excluding carboxylic acids is 1. The second-order valence-corrected chi connectivity index (χ2v) is 4.34. The van der Waals surface area contributed by atoms with Crippen molar-refractivity contribution in [3.05, 3.63) is 47.5 Å². The van der Waals surface area contributed by atoms with Crippen LogP contribution in [0.2, 0.25) is 0 Å². The minimum absolute atomic E-state index is 0.267. The number of Topliss-reactive ketones (excluding diaryl/α,β-unsaturated/α-hetero) is 1. The summed E-state index contributed by atoms with van der Waals surface area (Å²) < 4.78 is 5.36. The van der Waals surface area contributed by atoms with Crippen molar-refractivity contribution in [3.8, 4) is 23.0 Å². The van der Waals surface area contributed by atoms with E-state index >= 15 is 0 Å². The molecule has 2 aromatic carbocycles. The highest BCUT2D eigenvalue weighted by Gasteiger charge is 2.18. The minimum Gasteiger partial charge on any atom is -0.508 e. The molecule has 20 heavy (non-hydrogen) atoms. The molecule has 104 valence electrons. The Balaban J connectivity index is 2.16. The van der Waals surface area contributed by atoms with Gasteiger partial charge >= 0.3 is 0 Å². The zero-order valence-electron chi connectivity index (χ0n) is 10.8. The van der Waals surface area contributed by atoms with Crippen LogP contribution in [0.5, 0.6) is 23.0 Å². The topological polar surface area (TPSA) is 87.0 Å². The van der Waals surface area contributed by atoms with Gasteiger partial charge in [0.05, 0.1) is 0 Å². The Morgan fingerprint density at radius 1 is 1.10 bits per heavy atom. The van der Waals surface area contributed by atoms with E-state index in [1.807, 2.05) is 19.1 Å². The maximum atomic E-state index is 12.0. The van der Waals surface area contributed by atoms with Crippen LogP contribution in [0, 0.1) is 6.92 Å². The standard InChI is InChI=1S/C15H14O5/c1-9-4-2-3-5-14(9)20-8-13(19)15-11(17)6-10(16)7-12(15)18/h2-7,16-18H,8H2,1H3. The van der Waals surface area contributed by atoms with Gasteiger partial charge in [0.2, 0.25) is 5.78 Å². The van der Waals surface area contributed by atoms with Gasteiger partial charge in [-0.15, -0.1) is 0 Å². The van der Waals surface area contributed by atoms with Gasteiger partial charge in [0.25, 0.3) is 0 Å². The summed E-state index contributed by atoms with van der Waals surface area (Å²) in [5.74, 6) is -1.32. The van der Waals surface area contributed by atoms with Gasteiger partial charge in [-0.2, -0.15) is 0 Å². The van der Waals surface area contributed by atoms with Crippen molar-refractivity contribution < 1.29 is 24.9 Å². The SMILES string of the molecule is Cc1ccccc1OCC(=O)c1c(O)cc(O)cc1O. The molecular formula is C15H14O5. The number of hydrogen-bond donors (Lipinski definition) is 3. The van der Waals surface area contributed by atoms with Crippen LogP contribution in [-0.2, 0) is 0 Å². The molecule has 0 radical (unpaired) electrons. The third kappa shape index (κ3) is 2.83. The second-order valence-electron chi connectivity index (χ2n) is 4.34. The lowest BCUT2D eigenvalue weighted by Crippen LogP contribution is -2.12.